The summed E-state index contributed by atoms with van der Waals surface area (Å²) in [5.41, 5.74) is 1.09. The van der Waals surface area contributed by atoms with E-state index in [9.17, 15) is 14.9 Å². The minimum absolute atomic E-state index is 0.0311. The Hall–Kier alpha value is -2.77. The molecule has 0 amide bonds. The van der Waals surface area contributed by atoms with Crippen molar-refractivity contribution in [3.63, 3.8) is 0 Å². The number of aromatic nitrogens is 2. The van der Waals surface area contributed by atoms with Crippen molar-refractivity contribution < 1.29 is 19.0 Å². The van der Waals surface area contributed by atoms with Gasteiger partial charge in [-0.1, -0.05) is 0 Å². The molecule has 0 bridgehead atoms. The van der Waals surface area contributed by atoms with Crippen LogP contribution in [0.3, 0.4) is 0 Å². The van der Waals surface area contributed by atoms with E-state index in [1.807, 2.05) is 0 Å². The topological polar surface area (TPSA) is 108 Å². The highest BCUT2D eigenvalue weighted by molar-refractivity contribution is 5.85. The third kappa shape index (κ3) is 2.63. The number of hydrogen-bond acceptors (Lipinski definition) is 7. The number of benzene rings is 1. The van der Waals surface area contributed by atoms with Crippen molar-refractivity contribution >= 4 is 11.7 Å². The summed E-state index contributed by atoms with van der Waals surface area (Å²) in [7, 11) is 0. The predicted molar refractivity (Wildman–Crippen MR) is 67.1 cm³/mol. The molecule has 0 fully saturated rings. The average molecular weight is 277 g/mol. The summed E-state index contributed by atoms with van der Waals surface area (Å²) in [5, 5.41) is 14.2. The molecule has 0 saturated carbocycles. The molecule has 2 rings (SSSR count). The second kappa shape index (κ2) is 5.47. The van der Waals surface area contributed by atoms with Crippen molar-refractivity contribution in [3.05, 3.63) is 39.7 Å². The van der Waals surface area contributed by atoms with E-state index in [2.05, 4.69) is 10.1 Å². The molecule has 1 aromatic heterocycles. The number of hydrogen-bond donors (Lipinski definition) is 0. The van der Waals surface area contributed by atoms with Gasteiger partial charge in [0, 0.05) is 17.7 Å². The lowest BCUT2D eigenvalue weighted by atomic mass is 10.1. The number of aryl methyl sites for hydroxylation is 1. The number of nitrogens with zero attached hydrogens (tertiary/aromatic N) is 3. The number of esters is 1. The fraction of sp³-hybridized carbons (Fsp3) is 0.250. The number of carbonyl (C=O) groups excluding carboxylic acids is 1. The van der Waals surface area contributed by atoms with Gasteiger partial charge in [0.25, 0.3) is 17.4 Å². The maximum absolute atomic E-state index is 11.4. The molecule has 0 atom stereocenters. The van der Waals surface area contributed by atoms with E-state index in [0.717, 1.165) is 0 Å². The molecule has 8 nitrogen and oxygen atoms in total. The molecule has 0 aliphatic heterocycles. The van der Waals surface area contributed by atoms with E-state index >= 15 is 0 Å². The number of non-ortho nitro benzene ring substituents is 1. The van der Waals surface area contributed by atoms with Crippen LogP contribution in [0.4, 0.5) is 5.69 Å². The summed E-state index contributed by atoms with van der Waals surface area (Å²) < 4.78 is 9.71. The number of rotatable bonds is 4. The number of nitro groups is 1. The fourth-order valence-electron chi connectivity index (χ4n) is 1.61. The van der Waals surface area contributed by atoms with E-state index in [1.165, 1.54) is 18.2 Å². The summed E-state index contributed by atoms with van der Waals surface area (Å²) in [6.07, 6.45) is 0. The maximum Gasteiger partial charge on any atom is 0.379 e. The first-order valence-corrected chi connectivity index (χ1v) is 5.79. The second-order valence-corrected chi connectivity index (χ2v) is 3.90. The SMILES string of the molecule is CCOC(=O)c1noc(-c2ccc([N+](=O)[O-])cc2C)n1. The first kappa shape index (κ1) is 13.7. The molecule has 0 aliphatic carbocycles. The van der Waals surface area contributed by atoms with Crippen molar-refractivity contribution in [1.82, 2.24) is 10.1 Å². The normalized spacial score (nSPS) is 10.3. The van der Waals surface area contributed by atoms with Crippen molar-refractivity contribution in [2.75, 3.05) is 6.61 Å². The second-order valence-electron chi connectivity index (χ2n) is 3.90. The summed E-state index contributed by atoms with van der Waals surface area (Å²) in [5.74, 6) is -0.748. The minimum Gasteiger partial charge on any atom is -0.460 e. The van der Waals surface area contributed by atoms with Gasteiger partial charge in [0.2, 0.25) is 0 Å². The Kier molecular flexibility index (Phi) is 3.74. The van der Waals surface area contributed by atoms with Gasteiger partial charge in [-0.05, 0) is 30.6 Å². The number of carbonyl (C=O) groups is 1. The lowest BCUT2D eigenvalue weighted by Gasteiger charge is -1.99. The van der Waals surface area contributed by atoms with Crippen LogP contribution < -0.4 is 0 Å². The lowest BCUT2D eigenvalue weighted by Crippen LogP contribution is -2.06. The monoisotopic (exact) mass is 277 g/mol. The average Bonchev–Trinajstić information content (AvgIpc) is 2.88. The first-order chi connectivity index (χ1) is 9.52. The van der Waals surface area contributed by atoms with E-state index in [0.29, 0.717) is 11.1 Å². The van der Waals surface area contributed by atoms with Crippen LogP contribution in [-0.2, 0) is 4.74 Å². The molecule has 104 valence electrons. The molecule has 1 aromatic carbocycles. The molecule has 20 heavy (non-hydrogen) atoms. The molecule has 0 unspecified atom stereocenters. The standard InChI is InChI=1S/C12H11N3O5/c1-3-19-12(16)10-13-11(20-14-10)9-5-4-8(15(17)18)6-7(9)2/h4-6H,3H2,1-2H3. The number of nitro benzene ring substituents is 1. The Bertz CT molecular complexity index is 665. The van der Waals surface area contributed by atoms with Crippen molar-refractivity contribution in [2.24, 2.45) is 0 Å². The van der Waals surface area contributed by atoms with Crippen LogP contribution in [0.25, 0.3) is 11.5 Å². The lowest BCUT2D eigenvalue weighted by molar-refractivity contribution is -0.384. The summed E-state index contributed by atoms with van der Waals surface area (Å²) in [6.45, 7) is 3.55. The molecule has 8 heteroatoms. The fourth-order valence-corrected chi connectivity index (χ4v) is 1.61. The van der Waals surface area contributed by atoms with Gasteiger partial charge in [-0.25, -0.2) is 4.79 Å². The quantitative estimate of drug-likeness (QED) is 0.478. The molecule has 0 saturated heterocycles. The zero-order valence-electron chi connectivity index (χ0n) is 10.8. The highest BCUT2D eigenvalue weighted by Crippen LogP contribution is 2.25. The minimum atomic E-state index is -0.679. The highest BCUT2D eigenvalue weighted by atomic mass is 16.6. The Morgan fingerprint density at radius 2 is 2.25 bits per heavy atom. The highest BCUT2D eigenvalue weighted by Gasteiger charge is 2.18. The van der Waals surface area contributed by atoms with Gasteiger partial charge in [0.05, 0.1) is 11.5 Å². The summed E-state index contributed by atoms with van der Waals surface area (Å²) in [4.78, 5) is 25.5. The zero-order valence-corrected chi connectivity index (χ0v) is 10.8. The van der Waals surface area contributed by atoms with Gasteiger partial charge < -0.3 is 9.26 Å². The molecular formula is C12H11N3O5. The van der Waals surface area contributed by atoms with Crippen molar-refractivity contribution in [1.29, 1.82) is 0 Å². The Morgan fingerprint density at radius 3 is 2.85 bits per heavy atom. The van der Waals surface area contributed by atoms with Crippen LogP contribution in [0.1, 0.15) is 23.1 Å². The van der Waals surface area contributed by atoms with Gasteiger partial charge in [-0.15, -0.1) is 0 Å². The molecule has 1 heterocycles. The van der Waals surface area contributed by atoms with Gasteiger partial charge in [0.1, 0.15) is 0 Å². The van der Waals surface area contributed by atoms with Crippen LogP contribution in [0.15, 0.2) is 22.7 Å². The van der Waals surface area contributed by atoms with Gasteiger partial charge in [0.15, 0.2) is 0 Å². The molecule has 2 aromatic rings. The van der Waals surface area contributed by atoms with Crippen LogP contribution in [0.2, 0.25) is 0 Å². The van der Waals surface area contributed by atoms with Crippen LogP contribution in [-0.4, -0.2) is 27.6 Å². The van der Waals surface area contributed by atoms with Gasteiger partial charge >= 0.3 is 5.97 Å². The zero-order chi connectivity index (χ0) is 14.7. The summed E-state index contributed by atoms with van der Waals surface area (Å²) >= 11 is 0. The van der Waals surface area contributed by atoms with E-state index in [4.69, 9.17) is 9.26 Å². The molecular weight excluding hydrogens is 266 g/mol. The Labute approximate surface area is 113 Å². The molecule has 0 spiro atoms. The summed E-state index contributed by atoms with van der Waals surface area (Å²) in [6, 6.07) is 4.22. The maximum atomic E-state index is 11.4. The van der Waals surface area contributed by atoms with Gasteiger partial charge in [-0.2, -0.15) is 4.98 Å². The van der Waals surface area contributed by atoms with E-state index in [1.54, 1.807) is 13.8 Å². The number of ether oxygens (including phenoxy) is 1. The first-order valence-electron chi connectivity index (χ1n) is 5.79. The molecule has 0 aliphatic rings. The van der Waals surface area contributed by atoms with Crippen molar-refractivity contribution in [2.45, 2.75) is 13.8 Å². The molecule has 0 N–H and O–H groups in total. The third-order valence-corrected chi connectivity index (χ3v) is 2.54. The van der Waals surface area contributed by atoms with Crippen LogP contribution >= 0.6 is 0 Å². The smallest absolute Gasteiger partial charge is 0.379 e. The van der Waals surface area contributed by atoms with Crippen molar-refractivity contribution in [3.8, 4) is 11.5 Å². The Morgan fingerprint density at radius 1 is 1.50 bits per heavy atom. The van der Waals surface area contributed by atoms with E-state index in [-0.39, 0.29) is 24.0 Å². The third-order valence-electron chi connectivity index (χ3n) is 2.54. The van der Waals surface area contributed by atoms with Crippen LogP contribution in [0.5, 0.6) is 0 Å². The Balaban J connectivity index is 2.33. The van der Waals surface area contributed by atoms with E-state index < -0.39 is 10.9 Å². The van der Waals surface area contributed by atoms with Crippen LogP contribution in [0, 0.1) is 17.0 Å². The largest absolute Gasteiger partial charge is 0.460 e. The van der Waals surface area contributed by atoms with Gasteiger partial charge in [-0.3, -0.25) is 10.1 Å². The molecule has 0 radical (unpaired) electrons. The predicted octanol–water partition coefficient (Wildman–Crippen LogP) is 2.13.